The maximum absolute atomic E-state index is 13.3. The molecular formula is C24H27FN2O5. The minimum Gasteiger partial charge on any atom is -0.497 e. The van der Waals surface area contributed by atoms with Gasteiger partial charge in [0.15, 0.2) is 6.61 Å². The van der Waals surface area contributed by atoms with E-state index >= 15 is 0 Å². The number of anilines is 1. The van der Waals surface area contributed by atoms with Crippen LogP contribution in [0.2, 0.25) is 0 Å². The van der Waals surface area contributed by atoms with Crippen molar-refractivity contribution >= 4 is 23.5 Å². The maximum atomic E-state index is 13.3. The second-order valence-corrected chi connectivity index (χ2v) is 7.90. The molecule has 0 bridgehead atoms. The smallest absolute Gasteiger partial charge is 0.317 e. The van der Waals surface area contributed by atoms with E-state index in [-0.39, 0.29) is 18.3 Å². The highest BCUT2D eigenvalue weighted by Gasteiger charge is 2.44. The number of rotatable bonds is 8. The Balaban J connectivity index is 1.54. The summed E-state index contributed by atoms with van der Waals surface area (Å²) in [4.78, 5) is 38.8. The van der Waals surface area contributed by atoms with E-state index < -0.39 is 23.9 Å². The average Bonchev–Trinajstić information content (AvgIpc) is 3.29. The summed E-state index contributed by atoms with van der Waals surface area (Å²) in [6.07, 6.45) is 2.88. The summed E-state index contributed by atoms with van der Waals surface area (Å²) in [6.45, 7) is -0.665. The van der Waals surface area contributed by atoms with Crippen LogP contribution in [0.15, 0.2) is 48.5 Å². The van der Waals surface area contributed by atoms with E-state index in [9.17, 15) is 18.8 Å². The second-order valence-electron chi connectivity index (χ2n) is 7.90. The number of nitrogens with zero attached hydrogens (tertiary/aromatic N) is 1. The summed E-state index contributed by atoms with van der Waals surface area (Å²) in [7, 11) is 2.99. The lowest BCUT2D eigenvalue weighted by Crippen LogP contribution is -2.40. The van der Waals surface area contributed by atoms with Crippen molar-refractivity contribution in [3.8, 4) is 5.75 Å². The number of amides is 2. The van der Waals surface area contributed by atoms with Gasteiger partial charge in [0.25, 0.3) is 5.91 Å². The zero-order valence-electron chi connectivity index (χ0n) is 18.2. The molecule has 0 aromatic heterocycles. The van der Waals surface area contributed by atoms with E-state index in [0.717, 1.165) is 12.8 Å². The van der Waals surface area contributed by atoms with E-state index in [1.165, 1.54) is 31.2 Å². The molecule has 0 radical (unpaired) electrons. The molecule has 170 valence electrons. The molecule has 1 aliphatic rings. The molecule has 1 fully saturated rings. The molecule has 2 amide bonds. The van der Waals surface area contributed by atoms with Crippen LogP contribution >= 0.6 is 0 Å². The number of carbonyl (C=O) groups is 3. The molecule has 1 saturated carbocycles. The first kappa shape index (κ1) is 23.2. The fraction of sp³-hybridized carbons (Fsp3) is 0.375. The lowest BCUT2D eigenvalue weighted by molar-refractivity contribution is -0.156. The minimum absolute atomic E-state index is 0.198. The number of likely N-dealkylation sites (N-methyl/N-ethyl adjacent to an activating group) is 1. The van der Waals surface area contributed by atoms with E-state index in [1.807, 2.05) is 0 Å². The Hall–Kier alpha value is -3.42. The highest BCUT2D eigenvalue weighted by Crippen LogP contribution is 2.42. The third kappa shape index (κ3) is 5.43. The Labute approximate surface area is 186 Å². The normalized spacial score (nSPS) is 14.5. The standard InChI is InChI=1S/C24H27FN2O5/c1-27(15-21(28)26-19-6-5-7-20(14-19)31-2)22(29)16-32-23(30)24(12-3-4-13-24)17-8-10-18(25)11-9-17/h5-11,14H,3-4,12-13,15-16H2,1-2H3,(H,26,28). The number of benzene rings is 2. The molecular weight excluding hydrogens is 415 g/mol. The monoisotopic (exact) mass is 442 g/mol. The molecule has 3 rings (SSSR count). The van der Waals surface area contributed by atoms with Gasteiger partial charge in [-0.25, -0.2) is 4.39 Å². The molecule has 0 heterocycles. The number of nitrogens with one attached hydrogen (secondary N) is 1. The van der Waals surface area contributed by atoms with Crippen molar-refractivity contribution in [2.24, 2.45) is 0 Å². The molecule has 1 N–H and O–H groups in total. The Morgan fingerprint density at radius 2 is 1.78 bits per heavy atom. The summed E-state index contributed by atoms with van der Waals surface area (Å²) in [5.74, 6) is -1.16. The van der Waals surface area contributed by atoms with Crippen molar-refractivity contribution < 1.29 is 28.2 Å². The van der Waals surface area contributed by atoms with Gasteiger partial charge in [0.2, 0.25) is 5.91 Å². The highest BCUT2D eigenvalue weighted by molar-refractivity contribution is 5.95. The molecule has 0 aliphatic heterocycles. The van der Waals surface area contributed by atoms with E-state index in [2.05, 4.69) is 5.32 Å². The van der Waals surface area contributed by atoms with Crippen LogP contribution in [0.1, 0.15) is 31.2 Å². The number of halogens is 1. The predicted octanol–water partition coefficient (Wildman–Crippen LogP) is 3.29. The molecule has 2 aromatic carbocycles. The third-order valence-corrected chi connectivity index (χ3v) is 5.73. The summed E-state index contributed by atoms with van der Waals surface area (Å²) in [6, 6.07) is 12.7. The third-order valence-electron chi connectivity index (χ3n) is 5.73. The molecule has 8 heteroatoms. The van der Waals surface area contributed by atoms with Crippen molar-refractivity contribution in [1.29, 1.82) is 0 Å². The second kappa shape index (κ2) is 10.3. The van der Waals surface area contributed by atoms with Crippen LogP contribution < -0.4 is 10.1 Å². The van der Waals surface area contributed by atoms with Gasteiger partial charge in [-0.2, -0.15) is 0 Å². The molecule has 0 spiro atoms. The number of ether oxygens (including phenoxy) is 2. The fourth-order valence-corrected chi connectivity index (χ4v) is 3.94. The number of carbonyl (C=O) groups excluding carboxylic acids is 3. The van der Waals surface area contributed by atoms with Crippen LogP contribution in [0.4, 0.5) is 10.1 Å². The van der Waals surface area contributed by atoms with Gasteiger partial charge in [-0.1, -0.05) is 31.0 Å². The fourth-order valence-electron chi connectivity index (χ4n) is 3.94. The quantitative estimate of drug-likeness (QED) is 0.635. The van der Waals surface area contributed by atoms with Gasteiger partial charge < -0.3 is 19.7 Å². The van der Waals surface area contributed by atoms with Crippen LogP contribution in [0.25, 0.3) is 0 Å². The Bertz CT molecular complexity index is 971. The van der Waals surface area contributed by atoms with Crippen molar-refractivity contribution in [3.05, 3.63) is 59.9 Å². The maximum Gasteiger partial charge on any atom is 0.317 e. The minimum atomic E-state index is -0.865. The van der Waals surface area contributed by atoms with E-state index in [4.69, 9.17) is 9.47 Å². The molecule has 1 aliphatic carbocycles. The van der Waals surface area contributed by atoms with Gasteiger partial charge in [0.1, 0.15) is 11.6 Å². The van der Waals surface area contributed by atoms with Crippen LogP contribution in [-0.4, -0.2) is 50.0 Å². The largest absolute Gasteiger partial charge is 0.497 e. The van der Waals surface area contributed by atoms with E-state index in [0.29, 0.717) is 29.8 Å². The van der Waals surface area contributed by atoms with Gasteiger partial charge in [-0.3, -0.25) is 14.4 Å². The number of hydrogen-bond donors (Lipinski definition) is 1. The Kier molecular flexibility index (Phi) is 7.45. The molecule has 2 aromatic rings. The SMILES string of the molecule is COc1cccc(NC(=O)CN(C)C(=O)COC(=O)C2(c3ccc(F)cc3)CCCC2)c1. The Morgan fingerprint density at radius 3 is 2.44 bits per heavy atom. The van der Waals surface area contributed by atoms with Gasteiger partial charge >= 0.3 is 5.97 Å². The summed E-state index contributed by atoms with van der Waals surface area (Å²) < 4.78 is 23.8. The van der Waals surface area contributed by atoms with Gasteiger partial charge in [-0.15, -0.1) is 0 Å². The van der Waals surface area contributed by atoms with Gasteiger partial charge in [0.05, 0.1) is 19.1 Å². The van der Waals surface area contributed by atoms with E-state index in [1.54, 1.807) is 36.4 Å². The van der Waals surface area contributed by atoms with Gasteiger partial charge in [0, 0.05) is 18.8 Å². The summed E-state index contributed by atoms with van der Waals surface area (Å²) in [5, 5.41) is 2.69. The number of esters is 1. The first-order valence-electron chi connectivity index (χ1n) is 10.5. The first-order chi connectivity index (χ1) is 15.3. The molecule has 0 atom stereocenters. The zero-order chi connectivity index (χ0) is 23.1. The van der Waals surface area contributed by atoms with Gasteiger partial charge in [-0.05, 0) is 42.7 Å². The Morgan fingerprint density at radius 1 is 1.09 bits per heavy atom. The molecule has 0 saturated heterocycles. The van der Waals surface area contributed by atoms with Crippen LogP contribution in [-0.2, 0) is 24.5 Å². The predicted molar refractivity (Wildman–Crippen MR) is 117 cm³/mol. The van der Waals surface area contributed by atoms with Crippen molar-refractivity contribution in [3.63, 3.8) is 0 Å². The van der Waals surface area contributed by atoms with Crippen LogP contribution in [0.5, 0.6) is 5.75 Å². The lowest BCUT2D eigenvalue weighted by atomic mass is 9.79. The molecule has 7 nitrogen and oxygen atoms in total. The molecule has 0 unspecified atom stereocenters. The number of methoxy groups -OCH3 is 1. The average molecular weight is 442 g/mol. The van der Waals surface area contributed by atoms with Crippen molar-refractivity contribution in [1.82, 2.24) is 4.90 Å². The highest BCUT2D eigenvalue weighted by atomic mass is 19.1. The summed E-state index contributed by atoms with van der Waals surface area (Å²) in [5.41, 5.74) is 0.375. The lowest BCUT2D eigenvalue weighted by Gasteiger charge is -2.27. The van der Waals surface area contributed by atoms with Crippen molar-refractivity contribution in [2.45, 2.75) is 31.1 Å². The van der Waals surface area contributed by atoms with Crippen molar-refractivity contribution in [2.75, 3.05) is 32.6 Å². The number of hydrogen-bond acceptors (Lipinski definition) is 5. The summed E-state index contributed by atoms with van der Waals surface area (Å²) >= 11 is 0. The van der Waals surface area contributed by atoms with Crippen LogP contribution in [0.3, 0.4) is 0 Å². The first-order valence-corrected chi connectivity index (χ1v) is 10.5. The van der Waals surface area contributed by atoms with Crippen LogP contribution in [0, 0.1) is 5.82 Å². The molecule has 32 heavy (non-hydrogen) atoms. The topological polar surface area (TPSA) is 84.9 Å². The zero-order valence-corrected chi connectivity index (χ0v) is 18.2.